The summed E-state index contributed by atoms with van der Waals surface area (Å²) in [6.07, 6.45) is 7.25. The minimum Gasteiger partial charge on any atom is -0.337 e. The molecule has 0 aliphatic carbocycles. The maximum Gasteiger partial charge on any atom is 0.246 e. The van der Waals surface area contributed by atoms with Gasteiger partial charge >= 0.3 is 0 Å². The van der Waals surface area contributed by atoms with E-state index in [1.807, 2.05) is 24.0 Å². The molecule has 19 heavy (non-hydrogen) atoms. The topological polar surface area (TPSA) is 23.6 Å². The third-order valence-electron chi connectivity index (χ3n) is 3.19. The van der Waals surface area contributed by atoms with Gasteiger partial charge in [-0.15, -0.1) is 11.3 Å². The number of piperazine rings is 1. The Bertz CT molecular complexity index is 443. The van der Waals surface area contributed by atoms with E-state index in [1.165, 1.54) is 4.88 Å². The van der Waals surface area contributed by atoms with Gasteiger partial charge in [0.2, 0.25) is 5.91 Å². The molecule has 1 aliphatic heterocycles. The maximum atomic E-state index is 11.9. The van der Waals surface area contributed by atoms with E-state index >= 15 is 0 Å². The van der Waals surface area contributed by atoms with E-state index in [9.17, 15) is 4.79 Å². The lowest BCUT2D eigenvalue weighted by Crippen LogP contribution is -2.47. The van der Waals surface area contributed by atoms with Crippen LogP contribution in [0.2, 0.25) is 0 Å². The van der Waals surface area contributed by atoms with Gasteiger partial charge in [0.05, 0.1) is 0 Å². The van der Waals surface area contributed by atoms with Crippen LogP contribution in [0, 0.1) is 0 Å². The van der Waals surface area contributed by atoms with Gasteiger partial charge in [-0.1, -0.05) is 24.3 Å². The molecule has 3 nitrogen and oxygen atoms in total. The molecule has 0 radical (unpaired) electrons. The van der Waals surface area contributed by atoms with E-state index in [-0.39, 0.29) is 5.91 Å². The molecule has 2 rings (SSSR count). The average molecular weight is 276 g/mol. The van der Waals surface area contributed by atoms with Crippen LogP contribution in [0.5, 0.6) is 0 Å². The SMILES string of the molecule is CC=CC=CC(=O)N1CCN(Cc2cccs2)CC1. The lowest BCUT2D eigenvalue weighted by atomic mass is 10.3. The van der Waals surface area contributed by atoms with E-state index in [1.54, 1.807) is 23.5 Å². The van der Waals surface area contributed by atoms with E-state index in [4.69, 9.17) is 0 Å². The molecule has 0 bridgehead atoms. The Balaban J connectivity index is 1.77. The summed E-state index contributed by atoms with van der Waals surface area (Å²) in [6, 6.07) is 4.26. The normalized spacial score (nSPS) is 17.6. The predicted molar refractivity (Wildman–Crippen MR) is 80.1 cm³/mol. The number of hydrogen-bond acceptors (Lipinski definition) is 3. The van der Waals surface area contributed by atoms with Crippen molar-refractivity contribution in [3.63, 3.8) is 0 Å². The summed E-state index contributed by atoms with van der Waals surface area (Å²) < 4.78 is 0. The van der Waals surface area contributed by atoms with Crippen molar-refractivity contribution in [2.75, 3.05) is 26.2 Å². The van der Waals surface area contributed by atoms with Crippen LogP contribution in [0.3, 0.4) is 0 Å². The first-order valence-electron chi connectivity index (χ1n) is 6.62. The first-order chi connectivity index (χ1) is 9.29. The number of carbonyl (C=O) groups excluding carboxylic acids is 1. The number of nitrogens with zero attached hydrogens (tertiary/aromatic N) is 2. The summed E-state index contributed by atoms with van der Waals surface area (Å²) in [4.78, 5) is 17.6. The standard InChI is InChI=1S/C15H20N2OS/c1-2-3-4-7-15(18)17-10-8-16(9-11-17)13-14-6-5-12-19-14/h2-7,12H,8-11,13H2,1H3. The fraction of sp³-hybridized carbons (Fsp3) is 0.400. The zero-order valence-corrected chi connectivity index (χ0v) is 12.1. The molecule has 0 atom stereocenters. The van der Waals surface area contributed by atoms with Crippen LogP contribution in [0.4, 0.5) is 0 Å². The summed E-state index contributed by atoms with van der Waals surface area (Å²) in [5.74, 6) is 0.119. The number of rotatable bonds is 4. The Labute approximate surface area is 118 Å². The molecule has 1 saturated heterocycles. The Morgan fingerprint density at radius 2 is 2.11 bits per heavy atom. The number of amides is 1. The molecular formula is C15H20N2OS. The summed E-state index contributed by atoms with van der Waals surface area (Å²) in [5, 5.41) is 2.11. The summed E-state index contributed by atoms with van der Waals surface area (Å²) >= 11 is 1.80. The Kier molecular flexibility index (Phi) is 5.36. The van der Waals surface area contributed by atoms with Crippen molar-refractivity contribution in [3.8, 4) is 0 Å². The van der Waals surface area contributed by atoms with Crippen molar-refractivity contribution in [2.24, 2.45) is 0 Å². The second kappa shape index (κ2) is 7.26. The first-order valence-corrected chi connectivity index (χ1v) is 7.50. The van der Waals surface area contributed by atoms with Crippen LogP contribution >= 0.6 is 11.3 Å². The predicted octanol–water partition coefficient (Wildman–Crippen LogP) is 2.52. The molecule has 4 heteroatoms. The van der Waals surface area contributed by atoms with Crippen molar-refractivity contribution in [1.29, 1.82) is 0 Å². The van der Waals surface area contributed by atoms with Crippen molar-refractivity contribution < 1.29 is 4.79 Å². The highest BCUT2D eigenvalue weighted by atomic mass is 32.1. The van der Waals surface area contributed by atoms with Crippen LogP contribution in [-0.2, 0) is 11.3 Å². The zero-order valence-electron chi connectivity index (χ0n) is 11.3. The molecule has 0 unspecified atom stereocenters. The van der Waals surface area contributed by atoms with Crippen LogP contribution in [0.25, 0.3) is 0 Å². The van der Waals surface area contributed by atoms with Crippen LogP contribution < -0.4 is 0 Å². The highest BCUT2D eigenvalue weighted by Gasteiger charge is 2.19. The third-order valence-corrected chi connectivity index (χ3v) is 4.05. The molecular weight excluding hydrogens is 256 g/mol. The smallest absolute Gasteiger partial charge is 0.246 e. The van der Waals surface area contributed by atoms with E-state index in [2.05, 4.69) is 22.4 Å². The van der Waals surface area contributed by atoms with Crippen molar-refractivity contribution in [3.05, 3.63) is 46.7 Å². The maximum absolute atomic E-state index is 11.9. The van der Waals surface area contributed by atoms with Crippen molar-refractivity contribution in [1.82, 2.24) is 9.80 Å². The molecule has 102 valence electrons. The lowest BCUT2D eigenvalue weighted by molar-refractivity contribution is -0.127. The second-order valence-electron chi connectivity index (χ2n) is 4.57. The summed E-state index contributed by atoms with van der Waals surface area (Å²) in [7, 11) is 0. The lowest BCUT2D eigenvalue weighted by Gasteiger charge is -2.33. The van der Waals surface area contributed by atoms with E-state index in [0.29, 0.717) is 0 Å². The zero-order chi connectivity index (χ0) is 13.5. The Morgan fingerprint density at radius 3 is 2.74 bits per heavy atom. The fourth-order valence-corrected chi connectivity index (χ4v) is 2.85. The molecule has 1 aromatic heterocycles. The molecule has 0 saturated carbocycles. The molecule has 1 fully saturated rings. The van der Waals surface area contributed by atoms with Gasteiger partial charge in [-0.05, 0) is 18.4 Å². The number of hydrogen-bond donors (Lipinski definition) is 0. The van der Waals surface area contributed by atoms with Crippen LogP contribution in [0.1, 0.15) is 11.8 Å². The Hall–Kier alpha value is -1.39. The van der Waals surface area contributed by atoms with E-state index < -0.39 is 0 Å². The molecule has 0 aromatic carbocycles. The molecule has 0 N–H and O–H groups in total. The summed E-state index contributed by atoms with van der Waals surface area (Å²) in [5.41, 5.74) is 0. The van der Waals surface area contributed by atoms with Gasteiger partial charge in [-0.3, -0.25) is 9.69 Å². The third kappa shape index (κ3) is 4.33. The second-order valence-corrected chi connectivity index (χ2v) is 5.60. The Morgan fingerprint density at radius 1 is 1.32 bits per heavy atom. The quantitative estimate of drug-likeness (QED) is 0.623. The van der Waals surface area contributed by atoms with Gasteiger partial charge in [-0.2, -0.15) is 0 Å². The highest BCUT2D eigenvalue weighted by Crippen LogP contribution is 2.13. The van der Waals surface area contributed by atoms with Crippen LogP contribution in [-0.4, -0.2) is 41.9 Å². The van der Waals surface area contributed by atoms with Crippen LogP contribution in [0.15, 0.2) is 41.8 Å². The van der Waals surface area contributed by atoms with Crippen molar-refractivity contribution >= 4 is 17.2 Å². The number of thiophene rings is 1. The molecule has 1 amide bonds. The van der Waals surface area contributed by atoms with Gasteiger partial charge in [0, 0.05) is 43.7 Å². The average Bonchev–Trinajstić information content (AvgIpc) is 2.93. The van der Waals surface area contributed by atoms with Crippen molar-refractivity contribution in [2.45, 2.75) is 13.5 Å². The minimum atomic E-state index is 0.119. The van der Waals surface area contributed by atoms with E-state index in [0.717, 1.165) is 32.7 Å². The number of carbonyl (C=O) groups is 1. The molecule has 0 spiro atoms. The molecule has 1 aromatic rings. The van der Waals surface area contributed by atoms with Gasteiger partial charge in [0.25, 0.3) is 0 Å². The molecule has 1 aliphatic rings. The highest BCUT2D eigenvalue weighted by molar-refractivity contribution is 7.09. The summed E-state index contributed by atoms with van der Waals surface area (Å²) in [6.45, 7) is 6.52. The first kappa shape index (κ1) is 14.0. The van der Waals surface area contributed by atoms with Gasteiger partial charge < -0.3 is 4.90 Å². The largest absolute Gasteiger partial charge is 0.337 e. The minimum absolute atomic E-state index is 0.119. The fourth-order valence-electron chi connectivity index (χ4n) is 2.10. The van der Waals surface area contributed by atoms with Gasteiger partial charge in [0.1, 0.15) is 0 Å². The molecule has 2 heterocycles. The monoisotopic (exact) mass is 276 g/mol. The van der Waals surface area contributed by atoms with Gasteiger partial charge in [0.15, 0.2) is 0 Å². The number of allylic oxidation sites excluding steroid dienone is 3. The van der Waals surface area contributed by atoms with Gasteiger partial charge in [-0.25, -0.2) is 0 Å².